The van der Waals surface area contributed by atoms with E-state index in [2.05, 4.69) is 5.32 Å². The highest BCUT2D eigenvalue weighted by Gasteiger charge is 2.84. The number of amides is 1. The van der Waals surface area contributed by atoms with E-state index in [4.69, 9.17) is 19.9 Å². The normalized spacial score (nSPS) is 40.3. The number of hydrogen-bond donors (Lipinski definition) is 4. The van der Waals surface area contributed by atoms with Gasteiger partial charge >= 0.3 is 0 Å². The maximum Gasteiger partial charge on any atom is 0.217 e. The van der Waals surface area contributed by atoms with Gasteiger partial charge < -0.3 is 35.5 Å². The van der Waals surface area contributed by atoms with Gasteiger partial charge in [-0.1, -0.05) is 0 Å². The Morgan fingerprint density at radius 2 is 1.92 bits per heavy atom. The van der Waals surface area contributed by atoms with Crippen molar-refractivity contribution in [2.75, 3.05) is 39.6 Å². The van der Waals surface area contributed by atoms with Gasteiger partial charge in [0.1, 0.15) is 6.10 Å². The molecule has 0 aromatic rings. The maximum absolute atomic E-state index is 11.7. The number of aliphatic hydroxyl groups is 2. The van der Waals surface area contributed by atoms with E-state index in [1.54, 1.807) is 0 Å². The molecule has 1 spiro atoms. The van der Waals surface area contributed by atoms with Gasteiger partial charge in [-0.3, -0.25) is 4.79 Å². The molecule has 3 rings (SSSR count). The summed E-state index contributed by atoms with van der Waals surface area (Å²) in [5, 5.41) is 23.3. The molecule has 3 fully saturated rings. The smallest absolute Gasteiger partial charge is 0.217 e. The van der Waals surface area contributed by atoms with Gasteiger partial charge in [0.15, 0.2) is 0 Å². The van der Waals surface area contributed by atoms with E-state index >= 15 is 0 Å². The van der Waals surface area contributed by atoms with Gasteiger partial charge in [0, 0.05) is 25.5 Å². The third-order valence-corrected chi connectivity index (χ3v) is 6.04. The van der Waals surface area contributed by atoms with Crippen LogP contribution in [-0.4, -0.2) is 80.1 Å². The number of rotatable bonds is 11. The summed E-state index contributed by atoms with van der Waals surface area (Å²) in [4.78, 5) is 11.7. The molecule has 0 radical (unpaired) electrons. The first kappa shape index (κ1) is 20.0. The third-order valence-electron chi connectivity index (χ3n) is 6.04. The largest absolute Gasteiger partial charge is 0.394 e. The van der Waals surface area contributed by atoms with Gasteiger partial charge in [-0.25, -0.2) is 0 Å². The van der Waals surface area contributed by atoms with Gasteiger partial charge in [-0.15, -0.1) is 0 Å². The van der Waals surface area contributed by atoms with Crippen molar-refractivity contribution in [2.24, 2.45) is 23.0 Å². The van der Waals surface area contributed by atoms with E-state index in [0.717, 1.165) is 12.8 Å². The lowest BCUT2D eigenvalue weighted by atomic mass is 9.73. The van der Waals surface area contributed by atoms with E-state index in [-0.39, 0.29) is 30.1 Å². The Kier molecular flexibility index (Phi) is 6.53. The van der Waals surface area contributed by atoms with E-state index in [1.165, 1.54) is 6.92 Å². The molecule has 150 valence electrons. The zero-order valence-electron chi connectivity index (χ0n) is 15.4. The lowest BCUT2D eigenvalue weighted by Crippen LogP contribution is -2.64. The van der Waals surface area contributed by atoms with Crippen LogP contribution < -0.4 is 11.1 Å². The molecule has 2 aliphatic carbocycles. The third kappa shape index (κ3) is 3.76. The van der Waals surface area contributed by atoms with Gasteiger partial charge in [-0.05, 0) is 31.1 Å². The van der Waals surface area contributed by atoms with Crippen LogP contribution in [0.2, 0.25) is 0 Å². The van der Waals surface area contributed by atoms with Crippen LogP contribution in [-0.2, 0) is 19.0 Å². The fraction of sp³-hybridized carbons (Fsp3) is 0.944. The Morgan fingerprint density at radius 3 is 2.46 bits per heavy atom. The second-order valence-electron chi connectivity index (χ2n) is 7.62. The second-order valence-corrected chi connectivity index (χ2v) is 7.62. The van der Waals surface area contributed by atoms with E-state index in [0.29, 0.717) is 51.2 Å². The molecular weight excluding hydrogens is 340 g/mol. The van der Waals surface area contributed by atoms with Crippen molar-refractivity contribution in [1.82, 2.24) is 5.32 Å². The molecule has 3 aliphatic rings. The molecule has 8 heteroatoms. The highest BCUT2D eigenvalue weighted by molar-refractivity contribution is 5.73. The highest BCUT2D eigenvalue weighted by Crippen LogP contribution is 2.81. The molecule has 26 heavy (non-hydrogen) atoms. The minimum absolute atomic E-state index is 0.114. The van der Waals surface area contributed by atoms with Crippen LogP contribution in [0.5, 0.6) is 0 Å². The summed E-state index contributed by atoms with van der Waals surface area (Å²) in [7, 11) is 0. The molecule has 1 aliphatic heterocycles. The van der Waals surface area contributed by atoms with Gasteiger partial charge in [-0.2, -0.15) is 0 Å². The predicted molar refractivity (Wildman–Crippen MR) is 93.3 cm³/mol. The Hall–Kier alpha value is -0.770. The molecule has 5 N–H and O–H groups in total. The van der Waals surface area contributed by atoms with Crippen LogP contribution in [0, 0.1) is 17.3 Å². The molecular formula is C18H32N2O6. The van der Waals surface area contributed by atoms with Crippen molar-refractivity contribution in [3.63, 3.8) is 0 Å². The van der Waals surface area contributed by atoms with Crippen LogP contribution in [0.15, 0.2) is 0 Å². The van der Waals surface area contributed by atoms with Crippen molar-refractivity contribution in [3.05, 3.63) is 0 Å². The molecule has 2 unspecified atom stereocenters. The van der Waals surface area contributed by atoms with E-state index < -0.39 is 12.2 Å². The fourth-order valence-electron chi connectivity index (χ4n) is 4.74. The molecule has 0 aromatic carbocycles. The van der Waals surface area contributed by atoms with Crippen LogP contribution in [0.1, 0.15) is 26.2 Å². The Bertz CT molecular complexity index is 482. The van der Waals surface area contributed by atoms with E-state index in [9.17, 15) is 15.0 Å². The van der Waals surface area contributed by atoms with Crippen LogP contribution in [0.4, 0.5) is 0 Å². The molecule has 1 saturated heterocycles. The molecule has 1 amide bonds. The summed E-state index contributed by atoms with van der Waals surface area (Å²) < 4.78 is 16.8. The Balaban J connectivity index is 1.50. The summed E-state index contributed by atoms with van der Waals surface area (Å²) in [6, 6.07) is -0.200. The molecule has 6 atom stereocenters. The first-order chi connectivity index (χ1) is 12.6. The fourth-order valence-corrected chi connectivity index (χ4v) is 4.74. The summed E-state index contributed by atoms with van der Waals surface area (Å²) >= 11 is 0. The maximum atomic E-state index is 11.7. The zero-order chi connectivity index (χ0) is 18.7. The number of carbonyl (C=O) groups excluding carboxylic acids is 1. The average molecular weight is 372 g/mol. The summed E-state index contributed by atoms with van der Waals surface area (Å²) in [6.45, 7) is 3.95. The van der Waals surface area contributed by atoms with Crippen molar-refractivity contribution < 1.29 is 29.2 Å². The number of nitrogens with one attached hydrogen (secondary N) is 1. The Labute approximate surface area is 154 Å². The Morgan fingerprint density at radius 1 is 1.23 bits per heavy atom. The van der Waals surface area contributed by atoms with Crippen LogP contribution in [0.25, 0.3) is 0 Å². The molecule has 0 bridgehead atoms. The minimum atomic E-state index is -0.722. The molecule has 2 saturated carbocycles. The second kappa shape index (κ2) is 8.50. The first-order valence-corrected chi connectivity index (χ1v) is 9.64. The average Bonchev–Trinajstić information content (AvgIpc) is 3.50. The van der Waals surface area contributed by atoms with Crippen molar-refractivity contribution in [1.29, 1.82) is 0 Å². The summed E-state index contributed by atoms with van der Waals surface area (Å²) in [6.07, 6.45) is 1.06. The standard InChI is InChI=1S/C18H32N2O6/c1-11(22)20-16-14(3-2-5-24-7-8-25-6-4-19)26-15(10-21)17(23)18(16)12-9-13(12)18/h12-17,21,23H,2-10,19H2,1H3,(H,20,22)/t12?,13?,14-,15+,16-,17-,18?/m0/s1. The van der Waals surface area contributed by atoms with Crippen molar-refractivity contribution in [2.45, 2.75) is 50.5 Å². The minimum Gasteiger partial charge on any atom is -0.394 e. The number of hydrogen-bond acceptors (Lipinski definition) is 7. The molecule has 0 aromatic heterocycles. The molecule has 8 nitrogen and oxygen atoms in total. The van der Waals surface area contributed by atoms with E-state index in [1.807, 2.05) is 0 Å². The first-order valence-electron chi connectivity index (χ1n) is 9.64. The zero-order valence-corrected chi connectivity index (χ0v) is 15.4. The summed E-state index contributed by atoms with van der Waals surface area (Å²) in [5.41, 5.74) is 5.04. The number of fused-ring (bicyclic) bond motifs is 3. The topological polar surface area (TPSA) is 123 Å². The lowest BCUT2D eigenvalue weighted by Gasteiger charge is -2.48. The van der Waals surface area contributed by atoms with Gasteiger partial charge in [0.05, 0.1) is 44.7 Å². The van der Waals surface area contributed by atoms with Crippen molar-refractivity contribution >= 4 is 5.91 Å². The quantitative estimate of drug-likeness (QED) is 0.344. The number of carbonyl (C=O) groups is 1. The van der Waals surface area contributed by atoms with Gasteiger partial charge in [0.2, 0.25) is 5.91 Å². The van der Waals surface area contributed by atoms with Crippen LogP contribution in [0.3, 0.4) is 0 Å². The monoisotopic (exact) mass is 372 g/mol. The predicted octanol–water partition coefficient (Wildman–Crippen LogP) is -0.980. The highest BCUT2D eigenvalue weighted by atomic mass is 16.5. The number of aliphatic hydroxyl groups excluding tert-OH is 2. The lowest BCUT2D eigenvalue weighted by molar-refractivity contribution is -0.197. The van der Waals surface area contributed by atoms with Gasteiger partial charge in [0.25, 0.3) is 0 Å². The SMILES string of the molecule is CC(=O)N[C@H]1[C@H](CCCOCCOCCN)O[C@H](CO)[C@H](O)C12C1CC12. The number of nitrogens with two attached hydrogens (primary N) is 1. The summed E-state index contributed by atoms with van der Waals surface area (Å²) in [5.74, 6) is 0.786. The molecule has 1 heterocycles. The van der Waals surface area contributed by atoms with Crippen molar-refractivity contribution in [3.8, 4) is 0 Å². The number of ether oxygens (including phenoxy) is 3. The van der Waals surface area contributed by atoms with Crippen LogP contribution >= 0.6 is 0 Å².